The number of rotatable bonds is 3. The van der Waals surface area contributed by atoms with Crippen LogP contribution in [0.15, 0.2) is 18.2 Å². The van der Waals surface area contributed by atoms with E-state index in [0.29, 0.717) is 18.7 Å². The van der Waals surface area contributed by atoms with Gasteiger partial charge >= 0.3 is 0 Å². The Hall–Kier alpha value is -0.930. The van der Waals surface area contributed by atoms with Crippen LogP contribution in [0.4, 0.5) is 0 Å². The summed E-state index contributed by atoms with van der Waals surface area (Å²) in [5.74, 6) is 0.700. The third kappa shape index (κ3) is 2.79. The van der Waals surface area contributed by atoms with E-state index in [0.717, 1.165) is 5.56 Å². The maximum atomic E-state index is 9.54. The molecule has 3 nitrogen and oxygen atoms in total. The number of para-hydroxylation sites is 1. The fraction of sp³-hybridized carbons (Fsp3) is 0.333. The van der Waals surface area contributed by atoms with Gasteiger partial charge in [0.05, 0.1) is 7.11 Å². The molecule has 0 bridgehead atoms. The third-order valence-electron chi connectivity index (χ3n) is 1.72. The fourth-order valence-electron chi connectivity index (χ4n) is 1.09. The van der Waals surface area contributed by atoms with E-state index in [1.54, 1.807) is 6.07 Å². The van der Waals surface area contributed by atoms with Gasteiger partial charge in [-0.1, -0.05) is 12.1 Å². The molecule has 0 saturated carbocycles. The van der Waals surface area contributed by atoms with Crippen molar-refractivity contribution in [2.45, 2.75) is 6.42 Å². The van der Waals surface area contributed by atoms with Crippen LogP contribution >= 0.6 is 12.4 Å². The number of methoxy groups -OCH3 is 1. The highest BCUT2D eigenvalue weighted by molar-refractivity contribution is 5.85. The molecule has 13 heavy (non-hydrogen) atoms. The van der Waals surface area contributed by atoms with E-state index in [1.165, 1.54) is 7.11 Å². The number of phenolic OH excluding ortho intramolecular Hbond substituents is 1. The Kier molecular flexibility index (Phi) is 5.26. The number of phenols is 1. The molecule has 0 amide bonds. The molecule has 3 N–H and O–H groups in total. The van der Waals surface area contributed by atoms with Gasteiger partial charge in [-0.25, -0.2) is 0 Å². The maximum Gasteiger partial charge on any atom is 0.160 e. The summed E-state index contributed by atoms with van der Waals surface area (Å²) in [5, 5.41) is 9.54. The number of hydrogen-bond donors (Lipinski definition) is 2. The Balaban J connectivity index is 0.00000144. The topological polar surface area (TPSA) is 55.5 Å². The minimum absolute atomic E-state index is 0. The first-order chi connectivity index (χ1) is 5.79. The van der Waals surface area contributed by atoms with E-state index in [1.807, 2.05) is 12.1 Å². The Morgan fingerprint density at radius 2 is 2.15 bits per heavy atom. The van der Waals surface area contributed by atoms with Crippen molar-refractivity contribution < 1.29 is 9.84 Å². The van der Waals surface area contributed by atoms with Crippen molar-refractivity contribution in [3.8, 4) is 11.5 Å². The van der Waals surface area contributed by atoms with Gasteiger partial charge in [-0.05, 0) is 24.6 Å². The maximum absolute atomic E-state index is 9.54. The monoisotopic (exact) mass is 203 g/mol. The molecular weight excluding hydrogens is 190 g/mol. The van der Waals surface area contributed by atoms with Gasteiger partial charge in [0.15, 0.2) is 11.5 Å². The van der Waals surface area contributed by atoms with Crippen molar-refractivity contribution in [1.29, 1.82) is 0 Å². The summed E-state index contributed by atoms with van der Waals surface area (Å²) in [6.07, 6.45) is 0.670. The highest BCUT2D eigenvalue weighted by atomic mass is 35.5. The molecule has 0 aliphatic heterocycles. The summed E-state index contributed by atoms with van der Waals surface area (Å²) in [6.45, 7) is 0.528. The third-order valence-corrected chi connectivity index (χ3v) is 1.72. The molecule has 74 valence electrons. The van der Waals surface area contributed by atoms with Gasteiger partial charge in [0.1, 0.15) is 0 Å². The minimum Gasteiger partial charge on any atom is -0.504 e. The summed E-state index contributed by atoms with van der Waals surface area (Å²) >= 11 is 0. The molecule has 0 unspecified atom stereocenters. The molecule has 0 spiro atoms. The molecule has 1 aromatic carbocycles. The van der Waals surface area contributed by atoms with Gasteiger partial charge < -0.3 is 15.6 Å². The molecule has 1 rings (SSSR count). The molecule has 0 heterocycles. The molecule has 0 radical (unpaired) electrons. The molecular formula is C9H14ClNO2. The van der Waals surface area contributed by atoms with Gasteiger partial charge in [-0.2, -0.15) is 0 Å². The van der Waals surface area contributed by atoms with Crippen molar-refractivity contribution in [3.63, 3.8) is 0 Å². The zero-order valence-corrected chi connectivity index (χ0v) is 8.30. The second kappa shape index (κ2) is 5.67. The first-order valence-corrected chi connectivity index (χ1v) is 3.84. The Morgan fingerprint density at radius 3 is 2.69 bits per heavy atom. The van der Waals surface area contributed by atoms with Crippen LogP contribution < -0.4 is 10.5 Å². The predicted molar refractivity (Wildman–Crippen MR) is 54.7 cm³/mol. The SMILES string of the molecule is COc1cccc(CCN)c1O.Cl. The van der Waals surface area contributed by atoms with E-state index >= 15 is 0 Å². The standard InChI is InChI=1S/C9H13NO2.ClH/c1-12-8-4-2-3-7(5-6-10)9(8)11;/h2-4,11H,5-6,10H2,1H3;1H. The summed E-state index contributed by atoms with van der Waals surface area (Å²) in [5.41, 5.74) is 6.20. The smallest absolute Gasteiger partial charge is 0.160 e. The van der Waals surface area contributed by atoms with E-state index in [-0.39, 0.29) is 18.2 Å². The van der Waals surface area contributed by atoms with Crippen molar-refractivity contribution in [2.75, 3.05) is 13.7 Å². The van der Waals surface area contributed by atoms with E-state index in [4.69, 9.17) is 10.5 Å². The number of halogens is 1. The van der Waals surface area contributed by atoms with Gasteiger partial charge in [0.2, 0.25) is 0 Å². The van der Waals surface area contributed by atoms with Crippen LogP contribution in [0.1, 0.15) is 5.56 Å². The predicted octanol–water partition coefficient (Wildman–Crippen LogP) is 1.32. The number of ether oxygens (including phenoxy) is 1. The summed E-state index contributed by atoms with van der Waals surface area (Å²) in [7, 11) is 1.53. The molecule has 0 fully saturated rings. The lowest BCUT2D eigenvalue weighted by molar-refractivity contribution is 0.370. The van der Waals surface area contributed by atoms with Crippen molar-refractivity contribution in [2.24, 2.45) is 5.73 Å². The number of aromatic hydroxyl groups is 1. The van der Waals surface area contributed by atoms with Crippen LogP contribution in [0.3, 0.4) is 0 Å². The zero-order valence-electron chi connectivity index (χ0n) is 7.49. The summed E-state index contributed by atoms with van der Waals surface area (Å²) < 4.78 is 4.94. The molecule has 0 saturated heterocycles. The lowest BCUT2D eigenvalue weighted by Crippen LogP contribution is -2.03. The second-order valence-corrected chi connectivity index (χ2v) is 2.51. The van der Waals surface area contributed by atoms with Crippen LogP contribution in [0.2, 0.25) is 0 Å². The molecule has 0 aromatic heterocycles. The lowest BCUT2D eigenvalue weighted by Gasteiger charge is -2.06. The molecule has 1 aromatic rings. The Morgan fingerprint density at radius 1 is 1.46 bits per heavy atom. The zero-order chi connectivity index (χ0) is 8.97. The highest BCUT2D eigenvalue weighted by Crippen LogP contribution is 2.29. The van der Waals surface area contributed by atoms with E-state index in [2.05, 4.69) is 0 Å². The van der Waals surface area contributed by atoms with Crippen molar-refractivity contribution in [3.05, 3.63) is 23.8 Å². The van der Waals surface area contributed by atoms with Crippen molar-refractivity contribution in [1.82, 2.24) is 0 Å². The summed E-state index contributed by atoms with van der Waals surface area (Å²) in [6, 6.07) is 5.39. The average Bonchev–Trinajstić information content (AvgIpc) is 2.09. The normalized spacial score (nSPS) is 9.08. The molecule has 4 heteroatoms. The second-order valence-electron chi connectivity index (χ2n) is 2.51. The highest BCUT2D eigenvalue weighted by Gasteiger charge is 2.04. The van der Waals surface area contributed by atoms with Gasteiger partial charge in [-0.15, -0.1) is 12.4 Å². The fourth-order valence-corrected chi connectivity index (χ4v) is 1.09. The molecule has 0 atom stereocenters. The van der Waals surface area contributed by atoms with Crippen LogP contribution in [0.25, 0.3) is 0 Å². The van der Waals surface area contributed by atoms with Gasteiger partial charge in [0, 0.05) is 0 Å². The number of hydrogen-bond acceptors (Lipinski definition) is 3. The van der Waals surface area contributed by atoms with E-state index in [9.17, 15) is 5.11 Å². The Labute approximate surface area is 83.9 Å². The first kappa shape index (κ1) is 12.1. The quantitative estimate of drug-likeness (QED) is 0.779. The van der Waals surface area contributed by atoms with Crippen LogP contribution in [0, 0.1) is 0 Å². The first-order valence-electron chi connectivity index (χ1n) is 3.84. The number of nitrogens with two attached hydrogens (primary N) is 1. The van der Waals surface area contributed by atoms with Crippen molar-refractivity contribution >= 4 is 12.4 Å². The lowest BCUT2D eigenvalue weighted by atomic mass is 10.1. The average molecular weight is 204 g/mol. The van der Waals surface area contributed by atoms with Gasteiger partial charge in [0.25, 0.3) is 0 Å². The van der Waals surface area contributed by atoms with E-state index < -0.39 is 0 Å². The van der Waals surface area contributed by atoms with Crippen LogP contribution in [0.5, 0.6) is 11.5 Å². The molecule has 0 aliphatic carbocycles. The Bertz CT molecular complexity index is 266. The summed E-state index contributed by atoms with van der Waals surface area (Å²) in [4.78, 5) is 0. The van der Waals surface area contributed by atoms with Crippen LogP contribution in [-0.2, 0) is 6.42 Å². The van der Waals surface area contributed by atoms with Crippen LogP contribution in [-0.4, -0.2) is 18.8 Å². The largest absolute Gasteiger partial charge is 0.504 e. The number of benzene rings is 1. The van der Waals surface area contributed by atoms with Gasteiger partial charge in [-0.3, -0.25) is 0 Å². The minimum atomic E-state index is 0. The molecule has 0 aliphatic rings.